The van der Waals surface area contributed by atoms with Crippen LogP contribution in [0.2, 0.25) is 0 Å². The van der Waals surface area contributed by atoms with Crippen LogP contribution in [0.4, 0.5) is 0 Å². The molecule has 0 fully saturated rings. The van der Waals surface area contributed by atoms with E-state index in [2.05, 4.69) is 39.8 Å². The monoisotopic (exact) mass is 314 g/mol. The molecular weight excluding hydrogens is 288 g/mol. The highest BCUT2D eigenvalue weighted by Crippen LogP contribution is 2.48. The van der Waals surface area contributed by atoms with Crippen molar-refractivity contribution < 1.29 is 9.47 Å². The van der Waals surface area contributed by atoms with Crippen LogP contribution in [0, 0.1) is 0 Å². The van der Waals surface area contributed by atoms with E-state index in [0.717, 1.165) is 25.7 Å². The Bertz CT molecular complexity index is 347. The Balaban J connectivity index is 1.91. The van der Waals surface area contributed by atoms with Crippen LogP contribution in [0.5, 0.6) is 0 Å². The highest BCUT2D eigenvalue weighted by molar-refractivity contribution is 8.77. The largest absolute Gasteiger partial charge is 0.494 e. The maximum absolute atomic E-state index is 5.84. The van der Waals surface area contributed by atoms with Gasteiger partial charge in [0, 0.05) is 0 Å². The van der Waals surface area contributed by atoms with Crippen LogP contribution in [0.3, 0.4) is 0 Å². The SMILES string of the molecule is CCCC1(C)OC=CC1SSC1C=COC1(C)CCC. The lowest BCUT2D eigenvalue weighted by Crippen LogP contribution is -2.36. The molecule has 2 nitrogen and oxygen atoms in total. The van der Waals surface area contributed by atoms with E-state index in [0.29, 0.717) is 10.5 Å². The number of hydrogen-bond donors (Lipinski definition) is 0. The van der Waals surface area contributed by atoms with Gasteiger partial charge in [-0.1, -0.05) is 48.3 Å². The van der Waals surface area contributed by atoms with E-state index in [4.69, 9.17) is 9.47 Å². The predicted octanol–water partition coefficient (Wildman–Crippen LogP) is 5.31. The number of hydrogen-bond acceptors (Lipinski definition) is 4. The minimum Gasteiger partial charge on any atom is -0.494 e. The molecule has 20 heavy (non-hydrogen) atoms. The van der Waals surface area contributed by atoms with Gasteiger partial charge >= 0.3 is 0 Å². The maximum Gasteiger partial charge on any atom is 0.122 e. The Labute approximate surface area is 131 Å². The third-order valence-corrected chi connectivity index (χ3v) is 7.56. The topological polar surface area (TPSA) is 18.5 Å². The summed E-state index contributed by atoms with van der Waals surface area (Å²) in [7, 11) is 3.86. The molecule has 0 radical (unpaired) electrons. The summed E-state index contributed by atoms with van der Waals surface area (Å²) in [6, 6.07) is 0. The van der Waals surface area contributed by atoms with E-state index >= 15 is 0 Å². The summed E-state index contributed by atoms with van der Waals surface area (Å²) >= 11 is 0. The molecule has 114 valence electrons. The molecular formula is C16H26O2S2. The Morgan fingerprint density at radius 2 is 1.25 bits per heavy atom. The van der Waals surface area contributed by atoms with Gasteiger partial charge in [0.2, 0.25) is 0 Å². The van der Waals surface area contributed by atoms with E-state index < -0.39 is 0 Å². The maximum atomic E-state index is 5.84. The fourth-order valence-electron chi connectivity index (χ4n) is 2.86. The molecule has 0 bridgehead atoms. The van der Waals surface area contributed by atoms with Crippen molar-refractivity contribution in [2.75, 3.05) is 0 Å². The van der Waals surface area contributed by atoms with E-state index in [1.807, 2.05) is 34.1 Å². The first-order valence-corrected chi connectivity index (χ1v) is 9.83. The number of rotatable bonds is 7. The molecule has 0 aliphatic carbocycles. The quantitative estimate of drug-likeness (QED) is 0.592. The summed E-state index contributed by atoms with van der Waals surface area (Å²) in [6.07, 6.45) is 12.6. The van der Waals surface area contributed by atoms with Crippen molar-refractivity contribution in [2.45, 2.75) is 75.1 Å². The Morgan fingerprint density at radius 1 is 0.850 bits per heavy atom. The fraction of sp³-hybridized carbons (Fsp3) is 0.750. The van der Waals surface area contributed by atoms with Crippen molar-refractivity contribution in [1.82, 2.24) is 0 Å². The number of ether oxygens (including phenoxy) is 2. The first kappa shape index (κ1) is 16.2. The molecule has 2 heterocycles. The van der Waals surface area contributed by atoms with Gasteiger partial charge in [0.15, 0.2) is 0 Å². The average Bonchev–Trinajstić information content (AvgIpc) is 2.92. The van der Waals surface area contributed by atoms with Gasteiger partial charge in [-0.05, 0) is 38.8 Å². The van der Waals surface area contributed by atoms with Crippen molar-refractivity contribution in [3.05, 3.63) is 24.7 Å². The second-order valence-electron chi connectivity index (χ2n) is 6.05. The summed E-state index contributed by atoms with van der Waals surface area (Å²) in [5.41, 5.74) is -0.0898. The lowest BCUT2D eigenvalue weighted by Gasteiger charge is -2.33. The van der Waals surface area contributed by atoms with Gasteiger partial charge in [-0.25, -0.2) is 0 Å². The third-order valence-electron chi connectivity index (χ3n) is 4.14. The summed E-state index contributed by atoms with van der Waals surface area (Å²) in [5.74, 6) is 0. The highest BCUT2D eigenvalue weighted by atomic mass is 33.1. The molecule has 0 saturated heterocycles. The van der Waals surface area contributed by atoms with Crippen molar-refractivity contribution in [3.63, 3.8) is 0 Å². The molecule has 2 aliphatic heterocycles. The first-order valence-electron chi connectivity index (χ1n) is 7.55. The van der Waals surface area contributed by atoms with Crippen LogP contribution in [0.15, 0.2) is 24.7 Å². The zero-order valence-electron chi connectivity index (χ0n) is 12.9. The van der Waals surface area contributed by atoms with Gasteiger partial charge in [0.05, 0.1) is 23.0 Å². The first-order chi connectivity index (χ1) is 9.54. The molecule has 4 unspecified atom stereocenters. The van der Waals surface area contributed by atoms with E-state index in [1.54, 1.807) is 0 Å². The van der Waals surface area contributed by atoms with Crippen molar-refractivity contribution >= 4 is 21.6 Å². The van der Waals surface area contributed by atoms with Gasteiger partial charge in [0.1, 0.15) is 11.2 Å². The highest BCUT2D eigenvalue weighted by Gasteiger charge is 2.41. The van der Waals surface area contributed by atoms with E-state index in [9.17, 15) is 0 Å². The van der Waals surface area contributed by atoms with Gasteiger partial charge in [-0.15, -0.1) is 0 Å². The van der Waals surface area contributed by atoms with Crippen LogP contribution < -0.4 is 0 Å². The normalized spacial score (nSPS) is 39.0. The molecule has 0 spiro atoms. The molecule has 4 heteroatoms. The van der Waals surface area contributed by atoms with Crippen molar-refractivity contribution in [1.29, 1.82) is 0 Å². The zero-order chi connectivity index (χ0) is 14.6. The molecule has 0 saturated carbocycles. The van der Waals surface area contributed by atoms with Crippen molar-refractivity contribution in [2.24, 2.45) is 0 Å². The molecule has 2 rings (SSSR count). The summed E-state index contributed by atoms with van der Waals surface area (Å²) in [5, 5.41) is 0.847. The van der Waals surface area contributed by atoms with Crippen LogP contribution in [0.25, 0.3) is 0 Å². The van der Waals surface area contributed by atoms with Crippen LogP contribution in [-0.2, 0) is 9.47 Å². The van der Waals surface area contributed by atoms with Gasteiger partial charge in [0.25, 0.3) is 0 Å². The smallest absolute Gasteiger partial charge is 0.122 e. The average molecular weight is 315 g/mol. The molecule has 0 amide bonds. The summed E-state index contributed by atoms with van der Waals surface area (Å²) in [4.78, 5) is 0. The second-order valence-corrected chi connectivity index (χ2v) is 8.61. The minimum atomic E-state index is -0.0449. The minimum absolute atomic E-state index is 0.0449. The predicted molar refractivity (Wildman–Crippen MR) is 89.8 cm³/mol. The van der Waals surface area contributed by atoms with Crippen LogP contribution >= 0.6 is 21.6 Å². The van der Waals surface area contributed by atoms with Gasteiger partial charge in [-0.3, -0.25) is 0 Å². The zero-order valence-corrected chi connectivity index (χ0v) is 14.6. The lowest BCUT2D eigenvalue weighted by atomic mass is 9.97. The Kier molecular flexibility index (Phi) is 5.41. The van der Waals surface area contributed by atoms with Crippen LogP contribution in [-0.4, -0.2) is 21.7 Å². The molecule has 0 aromatic carbocycles. The molecule has 0 N–H and O–H groups in total. The van der Waals surface area contributed by atoms with Gasteiger partial charge < -0.3 is 9.47 Å². The molecule has 0 aromatic rings. The van der Waals surface area contributed by atoms with E-state index in [1.165, 1.54) is 0 Å². The summed E-state index contributed by atoms with van der Waals surface area (Å²) < 4.78 is 11.7. The molecule has 2 aliphatic rings. The Hall–Kier alpha value is -0.220. The van der Waals surface area contributed by atoms with Crippen LogP contribution in [0.1, 0.15) is 53.4 Å². The molecule has 0 aromatic heterocycles. The summed E-state index contributed by atoms with van der Waals surface area (Å²) in [6.45, 7) is 8.88. The second kappa shape index (κ2) is 6.69. The van der Waals surface area contributed by atoms with Gasteiger partial charge in [-0.2, -0.15) is 0 Å². The lowest BCUT2D eigenvalue weighted by molar-refractivity contribution is 0.0574. The van der Waals surface area contributed by atoms with Crippen molar-refractivity contribution in [3.8, 4) is 0 Å². The fourth-order valence-corrected chi connectivity index (χ4v) is 6.43. The standard InChI is InChI=1S/C16H26O2S2/c1-5-9-15(3)13(7-11-17-15)19-20-14-8-12-18-16(14,4)10-6-2/h7-8,11-14H,5-6,9-10H2,1-4H3. The van der Waals surface area contributed by atoms with E-state index in [-0.39, 0.29) is 11.2 Å². The third kappa shape index (κ3) is 3.33. The Morgan fingerprint density at radius 3 is 1.60 bits per heavy atom. The molecule has 4 atom stereocenters.